The van der Waals surface area contributed by atoms with Crippen molar-refractivity contribution in [1.82, 2.24) is 0 Å². The lowest BCUT2D eigenvalue weighted by molar-refractivity contribution is 0.586. The molecule has 2 aromatic carbocycles. The van der Waals surface area contributed by atoms with Gasteiger partial charge in [0, 0.05) is 12.2 Å². The van der Waals surface area contributed by atoms with Crippen LogP contribution < -0.4 is 0 Å². The highest BCUT2D eigenvalue weighted by Gasteiger charge is 2.27. The summed E-state index contributed by atoms with van der Waals surface area (Å²) < 4.78 is 23.5. The van der Waals surface area contributed by atoms with Crippen LogP contribution in [-0.2, 0) is 9.84 Å². The molecule has 108 valence electrons. The fourth-order valence-corrected chi connectivity index (χ4v) is 3.51. The molecule has 0 aliphatic heterocycles. The van der Waals surface area contributed by atoms with Crippen molar-refractivity contribution in [3.63, 3.8) is 0 Å². The minimum absolute atomic E-state index is 0.0376. The Morgan fingerprint density at radius 3 is 1.86 bits per heavy atom. The second kappa shape index (κ2) is 6.55. The quantitative estimate of drug-likeness (QED) is 0.852. The zero-order valence-corrected chi connectivity index (χ0v) is 12.6. The van der Waals surface area contributed by atoms with Crippen LogP contribution in [0.1, 0.15) is 23.0 Å². The zero-order valence-electron chi connectivity index (χ0n) is 11.8. The van der Waals surface area contributed by atoms with Crippen molar-refractivity contribution in [1.29, 1.82) is 5.26 Å². The third-order valence-electron chi connectivity index (χ3n) is 3.41. The minimum Gasteiger partial charge on any atom is -0.229 e. The average Bonchev–Trinajstić information content (AvgIpc) is 2.48. The maximum Gasteiger partial charge on any atom is 0.148 e. The number of hydrogen-bond acceptors (Lipinski definition) is 3. The SMILES string of the molecule is CS(=O)(=O)CC(c1ccccc1)C(C#N)c1ccccc1. The van der Waals surface area contributed by atoms with Gasteiger partial charge in [0.1, 0.15) is 9.84 Å². The smallest absolute Gasteiger partial charge is 0.148 e. The van der Waals surface area contributed by atoms with Crippen LogP contribution in [0, 0.1) is 11.3 Å². The van der Waals surface area contributed by atoms with Crippen LogP contribution in [0.2, 0.25) is 0 Å². The molecule has 0 amide bonds. The maximum absolute atomic E-state index is 11.8. The summed E-state index contributed by atoms with van der Waals surface area (Å²) in [5.74, 6) is -0.888. The molecule has 0 bridgehead atoms. The summed E-state index contributed by atoms with van der Waals surface area (Å²) in [6, 6.07) is 21.0. The molecule has 0 fully saturated rings. The highest BCUT2D eigenvalue weighted by molar-refractivity contribution is 7.90. The lowest BCUT2D eigenvalue weighted by Gasteiger charge is -2.22. The van der Waals surface area contributed by atoms with Gasteiger partial charge in [-0.3, -0.25) is 0 Å². The molecular formula is C17H17NO2S. The zero-order chi connectivity index (χ0) is 15.3. The van der Waals surface area contributed by atoms with Crippen molar-refractivity contribution in [3.8, 4) is 6.07 Å². The van der Waals surface area contributed by atoms with E-state index in [-0.39, 0.29) is 11.7 Å². The summed E-state index contributed by atoms with van der Waals surface area (Å²) in [4.78, 5) is 0. The van der Waals surface area contributed by atoms with E-state index in [4.69, 9.17) is 0 Å². The van der Waals surface area contributed by atoms with E-state index in [0.29, 0.717) is 0 Å². The summed E-state index contributed by atoms with van der Waals surface area (Å²) in [6.45, 7) is 0. The fraction of sp³-hybridized carbons (Fsp3) is 0.235. The monoisotopic (exact) mass is 299 g/mol. The average molecular weight is 299 g/mol. The Hall–Kier alpha value is -2.12. The van der Waals surface area contributed by atoms with Crippen LogP contribution in [0.4, 0.5) is 0 Å². The molecule has 0 aliphatic rings. The van der Waals surface area contributed by atoms with Crippen molar-refractivity contribution in [3.05, 3.63) is 71.8 Å². The first-order valence-electron chi connectivity index (χ1n) is 6.68. The van der Waals surface area contributed by atoms with Gasteiger partial charge in [-0.1, -0.05) is 60.7 Å². The van der Waals surface area contributed by atoms with E-state index in [9.17, 15) is 13.7 Å². The Morgan fingerprint density at radius 1 is 0.952 bits per heavy atom. The molecule has 0 radical (unpaired) electrons. The van der Waals surface area contributed by atoms with Gasteiger partial charge < -0.3 is 0 Å². The third kappa shape index (κ3) is 4.17. The molecule has 0 N–H and O–H groups in total. The molecule has 0 heterocycles. The summed E-state index contributed by atoms with van der Waals surface area (Å²) in [5.41, 5.74) is 1.72. The van der Waals surface area contributed by atoms with Gasteiger partial charge in [0.05, 0.1) is 17.7 Å². The summed E-state index contributed by atoms with van der Waals surface area (Å²) in [5, 5.41) is 9.56. The van der Waals surface area contributed by atoms with Gasteiger partial charge in [-0.15, -0.1) is 0 Å². The molecule has 0 saturated heterocycles. The molecule has 0 aromatic heterocycles. The van der Waals surface area contributed by atoms with Crippen LogP contribution in [0.25, 0.3) is 0 Å². The predicted octanol–water partition coefficient (Wildman–Crippen LogP) is 3.12. The standard InChI is InChI=1S/C17H17NO2S/c1-21(19,20)13-17(15-10-6-3-7-11-15)16(12-18)14-8-4-2-5-9-14/h2-11,16-17H,13H2,1H3. The Labute approximate surface area is 125 Å². The number of nitrogens with zero attached hydrogens (tertiary/aromatic N) is 1. The van der Waals surface area contributed by atoms with Gasteiger partial charge in [0.2, 0.25) is 0 Å². The molecule has 21 heavy (non-hydrogen) atoms. The second-order valence-corrected chi connectivity index (χ2v) is 7.31. The number of rotatable bonds is 5. The molecule has 4 heteroatoms. The molecule has 3 nitrogen and oxygen atoms in total. The van der Waals surface area contributed by atoms with Gasteiger partial charge in [-0.25, -0.2) is 8.42 Å². The summed E-state index contributed by atoms with van der Waals surface area (Å²) in [7, 11) is -3.19. The van der Waals surface area contributed by atoms with Crippen LogP contribution in [-0.4, -0.2) is 20.4 Å². The van der Waals surface area contributed by atoms with Crippen LogP contribution in [0.5, 0.6) is 0 Å². The van der Waals surface area contributed by atoms with E-state index in [0.717, 1.165) is 11.1 Å². The number of sulfone groups is 1. The first kappa shape index (κ1) is 15.3. The topological polar surface area (TPSA) is 57.9 Å². The Balaban J connectivity index is 2.46. The Bertz CT molecular complexity index is 718. The van der Waals surface area contributed by atoms with Crippen LogP contribution >= 0.6 is 0 Å². The summed E-state index contributed by atoms with van der Waals surface area (Å²) >= 11 is 0. The van der Waals surface area contributed by atoms with E-state index >= 15 is 0 Å². The van der Waals surface area contributed by atoms with Gasteiger partial charge in [-0.2, -0.15) is 5.26 Å². The summed E-state index contributed by atoms with van der Waals surface area (Å²) in [6.07, 6.45) is 1.21. The van der Waals surface area contributed by atoms with Gasteiger partial charge >= 0.3 is 0 Å². The first-order valence-corrected chi connectivity index (χ1v) is 8.74. The van der Waals surface area contributed by atoms with Crippen molar-refractivity contribution < 1.29 is 8.42 Å². The molecule has 0 spiro atoms. The van der Waals surface area contributed by atoms with Crippen LogP contribution in [0.3, 0.4) is 0 Å². The highest BCUT2D eigenvalue weighted by atomic mass is 32.2. The van der Waals surface area contributed by atoms with E-state index in [1.54, 1.807) is 0 Å². The number of benzene rings is 2. The van der Waals surface area contributed by atoms with Gasteiger partial charge in [0.25, 0.3) is 0 Å². The van der Waals surface area contributed by atoms with Crippen LogP contribution in [0.15, 0.2) is 60.7 Å². The van der Waals surface area contributed by atoms with Gasteiger partial charge in [-0.05, 0) is 11.1 Å². The second-order valence-electron chi connectivity index (χ2n) is 5.13. The van der Waals surface area contributed by atoms with E-state index in [2.05, 4.69) is 6.07 Å². The fourth-order valence-electron chi connectivity index (χ4n) is 2.47. The Morgan fingerprint density at radius 2 is 1.43 bits per heavy atom. The van der Waals surface area contributed by atoms with E-state index in [1.807, 2.05) is 60.7 Å². The number of hydrogen-bond donors (Lipinski definition) is 0. The highest BCUT2D eigenvalue weighted by Crippen LogP contribution is 2.33. The van der Waals surface area contributed by atoms with Crippen molar-refractivity contribution in [2.75, 3.05) is 12.0 Å². The predicted molar refractivity (Wildman–Crippen MR) is 83.7 cm³/mol. The molecule has 0 aliphatic carbocycles. The normalized spacial score (nSPS) is 14.1. The molecule has 2 atom stereocenters. The van der Waals surface area contributed by atoms with E-state index in [1.165, 1.54) is 6.26 Å². The van der Waals surface area contributed by atoms with E-state index < -0.39 is 15.8 Å². The third-order valence-corrected chi connectivity index (χ3v) is 4.37. The van der Waals surface area contributed by atoms with Gasteiger partial charge in [0.15, 0.2) is 0 Å². The van der Waals surface area contributed by atoms with Crippen molar-refractivity contribution in [2.45, 2.75) is 11.8 Å². The van der Waals surface area contributed by atoms with Crippen molar-refractivity contribution >= 4 is 9.84 Å². The Kier molecular flexibility index (Phi) is 4.77. The maximum atomic E-state index is 11.8. The molecule has 2 rings (SSSR count). The lowest BCUT2D eigenvalue weighted by Crippen LogP contribution is -2.19. The molecule has 0 saturated carbocycles. The largest absolute Gasteiger partial charge is 0.229 e. The molecular weight excluding hydrogens is 282 g/mol. The molecule has 2 unspecified atom stereocenters. The van der Waals surface area contributed by atoms with Crippen molar-refractivity contribution in [2.24, 2.45) is 0 Å². The number of nitriles is 1. The first-order chi connectivity index (χ1) is 10.0. The molecule has 2 aromatic rings. The lowest BCUT2D eigenvalue weighted by atomic mass is 9.83. The minimum atomic E-state index is -3.19.